The Morgan fingerprint density at radius 2 is 1.61 bits per heavy atom. The lowest BCUT2D eigenvalue weighted by molar-refractivity contribution is -0.124. The molecule has 246 valence electrons. The number of carboxylic acid groups (broad SMARTS) is 1. The molecule has 3 aromatic rings. The first kappa shape index (κ1) is 34.3. The van der Waals surface area contributed by atoms with Crippen LogP contribution in [0, 0.1) is 0 Å². The van der Waals surface area contributed by atoms with Crippen molar-refractivity contribution in [3.63, 3.8) is 0 Å². The minimum absolute atomic E-state index is 0.149. The molecule has 3 amide bonds. The van der Waals surface area contributed by atoms with Crippen LogP contribution in [0.25, 0.3) is 0 Å². The molecular formula is C33H37F3N4O6. The van der Waals surface area contributed by atoms with Gasteiger partial charge in [0, 0.05) is 25.2 Å². The van der Waals surface area contributed by atoms with Gasteiger partial charge < -0.3 is 30.5 Å². The average Bonchev–Trinajstić information content (AvgIpc) is 3.05. The summed E-state index contributed by atoms with van der Waals surface area (Å²) in [6, 6.07) is 24.4. The number of carbonyl (C=O) groups is 3. The van der Waals surface area contributed by atoms with E-state index in [0.717, 1.165) is 21.6 Å². The Balaban J connectivity index is 1.39. The summed E-state index contributed by atoms with van der Waals surface area (Å²) >= 11 is 0. The number of halogens is 3. The quantitative estimate of drug-likeness (QED) is 0.219. The standard InChI is InChI=1S/C33H37F3N4O6/c1-40(32(43)44)29(28(23-11-4-2-5-12-23)24-13-6-3-7-14-24)30(41)39-27-15-9-8-10-22(27)16-17-26-18-37-25(19-45-26)20-46-31(42)38-21-33(34,35)36/h2-15,25-26,28-29,37H,16-21H2,1H3,(H,38,42)(H,39,41)(H,43,44)/t25-,26+,29-/m0/s1. The van der Waals surface area contributed by atoms with Crippen molar-refractivity contribution < 1.29 is 42.1 Å². The molecule has 4 rings (SSSR count). The smallest absolute Gasteiger partial charge is 0.407 e. The maximum atomic E-state index is 14.0. The predicted octanol–water partition coefficient (Wildman–Crippen LogP) is 5.01. The van der Waals surface area contributed by atoms with E-state index < -0.39 is 42.8 Å². The molecule has 3 aromatic carbocycles. The van der Waals surface area contributed by atoms with Gasteiger partial charge in [0.05, 0.1) is 18.8 Å². The Labute approximate surface area is 264 Å². The molecule has 0 aliphatic carbocycles. The molecule has 10 nitrogen and oxygen atoms in total. The van der Waals surface area contributed by atoms with Crippen LogP contribution in [0.1, 0.15) is 29.0 Å². The lowest BCUT2D eigenvalue weighted by Gasteiger charge is -2.33. The van der Waals surface area contributed by atoms with Gasteiger partial charge in [-0.1, -0.05) is 78.9 Å². The number of nitrogens with zero attached hydrogens (tertiary/aromatic N) is 1. The van der Waals surface area contributed by atoms with E-state index in [0.29, 0.717) is 25.1 Å². The molecule has 13 heteroatoms. The number of ether oxygens (including phenoxy) is 2. The number of alkyl halides is 3. The molecule has 0 saturated carbocycles. The zero-order valence-electron chi connectivity index (χ0n) is 25.2. The molecular weight excluding hydrogens is 605 g/mol. The SMILES string of the molecule is CN(C(=O)O)[C@H](C(=O)Nc1ccccc1CC[C@@H]1CN[C@H](COC(=O)NCC(F)(F)F)CO1)C(c1ccccc1)c1ccccc1. The number of para-hydroxylation sites is 1. The monoisotopic (exact) mass is 642 g/mol. The van der Waals surface area contributed by atoms with Crippen LogP contribution in [-0.2, 0) is 20.7 Å². The minimum Gasteiger partial charge on any atom is -0.465 e. The van der Waals surface area contributed by atoms with E-state index in [9.17, 15) is 32.7 Å². The first-order valence-corrected chi connectivity index (χ1v) is 14.8. The highest BCUT2D eigenvalue weighted by Crippen LogP contribution is 2.32. The Bertz CT molecular complexity index is 1400. The maximum absolute atomic E-state index is 14.0. The van der Waals surface area contributed by atoms with Crippen LogP contribution in [-0.4, -0.2) is 85.8 Å². The number of carbonyl (C=O) groups excluding carboxylic acids is 2. The molecule has 3 atom stereocenters. The third-order valence-electron chi connectivity index (χ3n) is 7.65. The van der Waals surface area contributed by atoms with Crippen LogP contribution in [0.4, 0.5) is 28.4 Å². The van der Waals surface area contributed by atoms with Gasteiger partial charge in [-0.05, 0) is 35.6 Å². The van der Waals surface area contributed by atoms with Gasteiger partial charge >= 0.3 is 18.4 Å². The fourth-order valence-corrected chi connectivity index (χ4v) is 5.29. The van der Waals surface area contributed by atoms with E-state index in [1.165, 1.54) is 7.05 Å². The fraction of sp³-hybridized carbons (Fsp3) is 0.364. The van der Waals surface area contributed by atoms with Crippen molar-refractivity contribution in [2.75, 3.05) is 38.7 Å². The number of rotatable bonds is 12. The maximum Gasteiger partial charge on any atom is 0.407 e. The Hall–Kier alpha value is -4.62. The van der Waals surface area contributed by atoms with E-state index in [-0.39, 0.29) is 25.4 Å². The highest BCUT2D eigenvalue weighted by Gasteiger charge is 2.37. The molecule has 46 heavy (non-hydrogen) atoms. The molecule has 0 spiro atoms. The van der Waals surface area contributed by atoms with Crippen molar-refractivity contribution >= 4 is 23.8 Å². The Morgan fingerprint density at radius 1 is 1.00 bits per heavy atom. The zero-order valence-corrected chi connectivity index (χ0v) is 25.2. The molecule has 1 heterocycles. The molecule has 1 saturated heterocycles. The molecule has 0 aromatic heterocycles. The van der Waals surface area contributed by atoms with Gasteiger partial charge in [0.1, 0.15) is 19.2 Å². The number of benzene rings is 3. The third-order valence-corrected chi connectivity index (χ3v) is 7.65. The van der Waals surface area contributed by atoms with E-state index >= 15 is 0 Å². The number of aryl methyl sites for hydroxylation is 1. The highest BCUT2D eigenvalue weighted by molar-refractivity contribution is 5.98. The second-order valence-electron chi connectivity index (χ2n) is 11.0. The topological polar surface area (TPSA) is 129 Å². The summed E-state index contributed by atoms with van der Waals surface area (Å²) in [6.45, 7) is -1.00. The van der Waals surface area contributed by atoms with Gasteiger partial charge in [-0.15, -0.1) is 0 Å². The van der Waals surface area contributed by atoms with E-state index in [1.807, 2.05) is 72.8 Å². The lowest BCUT2D eigenvalue weighted by atomic mass is 9.84. The summed E-state index contributed by atoms with van der Waals surface area (Å²) in [5.74, 6) is -1.06. The summed E-state index contributed by atoms with van der Waals surface area (Å²) in [5.41, 5.74) is 2.97. The van der Waals surface area contributed by atoms with Crippen LogP contribution >= 0.6 is 0 Å². The molecule has 1 fully saturated rings. The van der Waals surface area contributed by atoms with Crippen molar-refractivity contribution in [3.8, 4) is 0 Å². The predicted molar refractivity (Wildman–Crippen MR) is 165 cm³/mol. The number of likely N-dealkylation sites (N-methyl/N-ethyl adjacent to an activating group) is 1. The molecule has 0 radical (unpaired) electrons. The average molecular weight is 643 g/mol. The molecule has 0 bridgehead atoms. The third kappa shape index (κ3) is 9.94. The molecule has 1 aliphatic heterocycles. The zero-order chi connectivity index (χ0) is 33.1. The van der Waals surface area contributed by atoms with Crippen molar-refractivity contribution in [1.82, 2.24) is 15.5 Å². The number of morpholine rings is 1. The lowest BCUT2D eigenvalue weighted by Crippen LogP contribution is -2.49. The van der Waals surface area contributed by atoms with Gasteiger partial charge in [-0.3, -0.25) is 9.69 Å². The first-order chi connectivity index (χ1) is 22.0. The summed E-state index contributed by atoms with van der Waals surface area (Å²) in [5, 5.41) is 17.8. The van der Waals surface area contributed by atoms with Gasteiger partial charge in [-0.25, -0.2) is 9.59 Å². The number of hydrogen-bond acceptors (Lipinski definition) is 6. The second kappa shape index (κ2) is 16.1. The van der Waals surface area contributed by atoms with Crippen molar-refractivity contribution in [2.45, 2.75) is 43.1 Å². The molecule has 0 unspecified atom stereocenters. The molecule has 4 N–H and O–H groups in total. The van der Waals surface area contributed by atoms with E-state index in [4.69, 9.17) is 9.47 Å². The number of anilines is 1. The Kier molecular flexibility index (Phi) is 12.0. The summed E-state index contributed by atoms with van der Waals surface area (Å²) in [6.07, 6.45) is -6.01. The van der Waals surface area contributed by atoms with Gasteiger partial charge in [0.2, 0.25) is 5.91 Å². The van der Waals surface area contributed by atoms with E-state index in [2.05, 4.69) is 10.6 Å². The minimum atomic E-state index is -4.52. The summed E-state index contributed by atoms with van der Waals surface area (Å²) in [4.78, 5) is 38.8. The van der Waals surface area contributed by atoms with Crippen LogP contribution in [0.3, 0.4) is 0 Å². The Morgan fingerprint density at radius 3 is 2.17 bits per heavy atom. The molecule has 1 aliphatic rings. The number of hydrogen-bond donors (Lipinski definition) is 4. The van der Waals surface area contributed by atoms with Gasteiger partial charge in [0.15, 0.2) is 0 Å². The fourth-order valence-electron chi connectivity index (χ4n) is 5.29. The summed E-state index contributed by atoms with van der Waals surface area (Å²) < 4.78 is 47.5. The number of alkyl carbamates (subject to hydrolysis) is 1. The highest BCUT2D eigenvalue weighted by atomic mass is 19.4. The van der Waals surface area contributed by atoms with Crippen LogP contribution in [0.15, 0.2) is 84.9 Å². The first-order valence-electron chi connectivity index (χ1n) is 14.8. The second-order valence-corrected chi connectivity index (χ2v) is 11.0. The largest absolute Gasteiger partial charge is 0.465 e. The summed E-state index contributed by atoms with van der Waals surface area (Å²) in [7, 11) is 1.39. The van der Waals surface area contributed by atoms with Crippen LogP contribution in [0.5, 0.6) is 0 Å². The van der Waals surface area contributed by atoms with Crippen molar-refractivity contribution in [3.05, 3.63) is 102 Å². The van der Waals surface area contributed by atoms with Crippen molar-refractivity contribution in [2.24, 2.45) is 0 Å². The van der Waals surface area contributed by atoms with Gasteiger partial charge in [-0.2, -0.15) is 13.2 Å². The number of amides is 3. The number of nitrogens with one attached hydrogen (secondary N) is 3. The van der Waals surface area contributed by atoms with Crippen LogP contribution in [0.2, 0.25) is 0 Å². The normalized spacial score (nSPS) is 17.2. The van der Waals surface area contributed by atoms with Crippen LogP contribution < -0.4 is 16.0 Å². The van der Waals surface area contributed by atoms with E-state index in [1.54, 1.807) is 17.4 Å². The van der Waals surface area contributed by atoms with Crippen molar-refractivity contribution in [1.29, 1.82) is 0 Å². The van der Waals surface area contributed by atoms with Gasteiger partial charge in [0.25, 0.3) is 0 Å².